The monoisotopic (exact) mass is 245 g/mol. The van der Waals surface area contributed by atoms with Crippen molar-refractivity contribution in [3.8, 4) is 6.07 Å². The molecule has 1 aliphatic heterocycles. The van der Waals surface area contributed by atoms with Crippen molar-refractivity contribution in [3.05, 3.63) is 29.8 Å². The Labute approximate surface area is 108 Å². The molecule has 1 N–H and O–H groups in total. The summed E-state index contributed by atoms with van der Waals surface area (Å²) in [5.41, 5.74) is 1.60. The Kier molecular flexibility index (Phi) is 3.85. The molecule has 0 bridgehead atoms. The molecule has 0 aromatic heterocycles. The van der Waals surface area contributed by atoms with Crippen molar-refractivity contribution in [1.29, 1.82) is 5.26 Å². The van der Waals surface area contributed by atoms with Crippen molar-refractivity contribution in [3.63, 3.8) is 0 Å². The van der Waals surface area contributed by atoms with Crippen molar-refractivity contribution in [2.75, 3.05) is 31.6 Å². The minimum atomic E-state index is 0.0562. The van der Waals surface area contributed by atoms with Crippen molar-refractivity contribution in [2.45, 2.75) is 19.0 Å². The van der Waals surface area contributed by atoms with Crippen molar-refractivity contribution >= 4 is 5.69 Å². The highest BCUT2D eigenvalue weighted by Gasteiger charge is 2.30. The number of aliphatic hydroxyl groups excluding tert-OH is 1. The number of likely N-dealkylation sites (N-methyl/N-ethyl adjacent to an activating group) is 1. The Morgan fingerprint density at radius 3 is 2.78 bits per heavy atom. The Hall–Kier alpha value is -1.57. The number of hydrogen-bond acceptors (Lipinski definition) is 4. The zero-order valence-electron chi connectivity index (χ0n) is 10.9. The van der Waals surface area contributed by atoms with Gasteiger partial charge in [-0.3, -0.25) is 4.90 Å². The van der Waals surface area contributed by atoms with E-state index in [2.05, 4.69) is 29.8 Å². The lowest BCUT2D eigenvalue weighted by Crippen LogP contribution is -2.57. The van der Waals surface area contributed by atoms with Gasteiger partial charge >= 0.3 is 0 Å². The fraction of sp³-hybridized carbons (Fsp3) is 0.500. The quantitative estimate of drug-likeness (QED) is 0.846. The van der Waals surface area contributed by atoms with Crippen LogP contribution in [0.5, 0.6) is 0 Å². The summed E-state index contributed by atoms with van der Waals surface area (Å²) in [6.45, 7) is 3.92. The highest BCUT2D eigenvalue weighted by Crippen LogP contribution is 2.25. The maximum absolute atomic E-state index is 9.54. The van der Waals surface area contributed by atoms with E-state index < -0.39 is 0 Å². The van der Waals surface area contributed by atoms with Crippen LogP contribution in [0.3, 0.4) is 0 Å². The van der Waals surface area contributed by atoms with Crippen LogP contribution in [0.1, 0.15) is 12.5 Å². The van der Waals surface area contributed by atoms with Gasteiger partial charge in [-0.1, -0.05) is 12.1 Å². The third-order valence-electron chi connectivity index (χ3n) is 3.70. The van der Waals surface area contributed by atoms with Gasteiger partial charge in [0.05, 0.1) is 23.9 Å². The van der Waals surface area contributed by atoms with Crippen LogP contribution in [-0.4, -0.2) is 48.8 Å². The second-order valence-electron chi connectivity index (χ2n) is 4.91. The molecule has 96 valence electrons. The van der Waals surface area contributed by atoms with Gasteiger partial charge < -0.3 is 10.0 Å². The van der Waals surface area contributed by atoms with Crippen LogP contribution in [0.15, 0.2) is 24.3 Å². The van der Waals surface area contributed by atoms with Crippen molar-refractivity contribution in [2.24, 2.45) is 0 Å². The van der Waals surface area contributed by atoms with Gasteiger partial charge in [-0.15, -0.1) is 0 Å². The summed E-state index contributed by atoms with van der Waals surface area (Å²) in [4.78, 5) is 4.40. The molecule has 0 aliphatic carbocycles. The van der Waals surface area contributed by atoms with Gasteiger partial charge in [0.25, 0.3) is 0 Å². The maximum atomic E-state index is 9.54. The number of aliphatic hydroxyl groups is 1. The van der Waals surface area contributed by atoms with Crippen LogP contribution in [0.25, 0.3) is 0 Å². The molecule has 2 rings (SSSR count). The molecular weight excluding hydrogens is 226 g/mol. The molecule has 0 radical (unpaired) electrons. The number of hydrogen-bond donors (Lipinski definition) is 1. The van der Waals surface area contributed by atoms with Gasteiger partial charge in [-0.2, -0.15) is 5.26 Å². The summed E-state index contributed by atoms with van der Waals surface area (Å²) < 4.78 is 0. The zero-order valence-corrected chi connectivity index (χ0v) is 10.9. The molecule has 0 saturated carbocycles. The third kappa shape index (κ3) is 2.33. The average Bonchev–Trinajstić information content (AvgIpc) is 2.41. The first-order valence-corrected chi connectivity index (χ1v) is 6.24. The Morgan fingerprint density at radius 1 is 1.39 bits per heavy atom. The van der Waals surface area contributed by atoms with E-state index in [4.69, 9.17) is 0 Å². The molecule has 4 heteroatoms. The predicted octanol–water partition coefficient (Wildman–Crippen LogP) is 1.06. The smallest absolute Gasteiger partial charge is 0.101 e. The molecule has 1 saturated heterocycles. The highest BCUT2D eigenvalue weighted by atomic mass is 16.3. The lowest BCUT2D eigenvalue weighted by molar-refractivity contribution is 0.155. The molecule has 1 heterocycles. The Balaban J connectivity index is 2.33. The highest BCUT2D eigenvalue weighted by molar-refractivity contribution is 5.60. The zero-order chi connectivity index (χ0) is 13.1. The first-order chi connectivity index (χ1) is 8.67. The number of para-hydroxylation sites is 1. The minimum Gasteiger partial charge on any atom is -0.394 e. The first kappa shape index (κ1) is 12.9. The topological polar surface area (TPSA) is 50.5 Å². The molecule has 1 aromatic carbocycles. The third-order valence-corrected chi connectivity index (χ3v) is 3.70. The number of benzene rings is 1. The van der Waals surface area contributed by atoms with E-state index in [1.54, 1.807) is 0 Å². The molecule has 2 atom stereocenters. The summed E-state index contributed by atoms with van der Waals surface area (Å²) in [6.07, 6.45) is 0. The van der Waals surface area contributed by atoms with E-state index in [0.717, 1.165) is 18.8 Å². The number of anilines is 1. The van der Waals surface area contributed by atoms with Crippen LogP contribution in [0.2, 0.25) is 0 Å². The molecule has 4 nitrogen and oxygen atoms in total. The van der Waals surface area contributed by atoms with Gasteiger partial charge in [0.15, 0.2) is 0 Å². The normalized spacial score (nSPS) is 24.9. The van der Waals surface area contributed by atoms with Gasteiger partial charge in [-0.05, 0) is 26.1 Å². The predicted molar refractivity (Wildman–Crippen MR) is 71.5 cm³/mol. The Bertz CT molecular complexity index is 455. The number of nitrogens with zero attached hydrogens (tertiary/aromatic N) is 3. The molecule has 0 spiro atoms. The lowest BCUT2D eigenvalue weighted by Gasteiger charge is -2.44. The van der Waals surface area contributed by atoms with Crippen molar-refractivity contribution in [1.82, 2.24) is 4.90 Å². The maximum Gasteiger partial charge on any atom is 0.101 e. The SMILES string of the molecule is CC1CN(c2ccccc2C#N)C(CO)CN1C. The molecule has 1 aromatic rings. The molecule has 18 heavy (non-hydrogen) atoms. The van der Waals surface area contributed by atoms with E-state index in [9.17, 15) is 10.4 Å². The lowest BCUT2D eigenvalue weighted by atomic mass is 10.0. The fourth-order valence-corrected chi connectivity index (χ4v) is 2.45. The molecular formula is C14H19N3O. The summed E-state index contributed by atoms with van der Waals surface area (Å²) in [5, 5.41) is 18.7. The van der Waals surface area contributed by atoms with Crippen LogP contribution < -0.4 is 4.90 Å². The van der Waals surface area contributed by atoms with E-state index in [1.807, 2.05) is 24.3 Å². The van der Waals surface area contributed by atoms with E-state index >= 15 is 0 Å². The molecule has 0 amide bonds. The van der Waals surface area contributed by atoms with Gasteiger partial charge in [0.1, 0.15) is 6.07 Å². The largest absolute Gasteiger partial charge is 0.394 e. The number of rotatable bonds is 2. The van der Waals surface area contributed by atoms with Crippen molar-refractivity contribution < 1.29 is 5.11 Å². The first-order valence-electron chi connectivity index (χ1n) is 6.24. The van der Waals surface area contributed by atoms with Gasteiger partial charge in [0.2, 0.25) is 0 Å². The van der Waals surface area contributed by atoms with Crippen LogP contribution >= 0.6 is 0 Å². The summed E-state index contributed by atoms with van der Waals surface area (Å²) in [6, 6.07) is 10.3. The standard InChI is InChI=1S/C14H19N3O/c1-11-8-17(13(10-18)9-16(11)2)14-6-4-3-5-12(14)7-15/h3-6,11,13,18H,8-10H2,1-2H3. The minimum absolute atomic E-state index is 0.0562. The summed E-state index contributed by atoms with van der Waals surface area (Å²) >= 11 is 0. The van der Waals surface area contributed by atoms with Gasteiger partial charge in [-0.25, -0.2) is 0 Å². The molecule has 2 unspecified atom stereocenters. The van der Waals surface area contributed by atoms with E-state index in [1.165, 1.54) is 0 Å². The van der Waals surface area contributed by atoms with E-state index in [0.29, 0.717) is 11.6 Å². The number of nitriles is 1. The summed E-state index contributed by atoms with van der Waals surface area (Å²) in [5.74, 6) is 0. The fourth-order valence-electron chi connectivity index (χ4n) is 2.45. The Morgan fingerprint density at radius 2 is 2.11 bits per heavy atom. The molecule has 1 aliphatic rings. The van der Waals surface area contributed by atoms with Gasteiger partial charge in [0, 0.05) is 19.1 Å². The molecule has 1 fully saturated rings. The van der Waals surface area contributed by atoms with Crippen LogP contribution in [0, 0.1) is 11.3 Å². The second-order valence-corrected chi connectivity index (χ2v) is 4.91. The summed E-state index contributed by atoms with van der Waals surface area (Å²) in [7, 11) is 2.07. The average molecular weight is 245 g/mol. The van der Waals surface area contributed by atoms with Crippen LogP contribution in [0.4, 0.5) is 5.69 Å². The number of piperazine rings is 1. The second kappa shape index (κ2) is 5.38. The van der Waals surface area contributed by atoms with Crippen LogP contribution in [-0.2, 0) is 0 Å². The van der Waals surface area contributed by atoms with E-state index in [-0.39, 0.29) is 12.6 Å².